The average Bonchev–Trinajstić information content (AvgIpc) is 3.19. The Morgan fingerprint density at radius 1 is 1.43 bits per heavy atom. The molecule has 2 aromatic heterocycles. The van der Waals surface area contributed by atoms with E-state index in [1.54, 1.807) is 12.4 Å². The van der Waals surface area contributed by atoms with Crippen LogP contribution in [0.15, 0.2) is 11.7 Å². The van der Waals surface area contributed by atoms with Gasteiger partial charge < -0.3 is 10.6 Å². The van der Waals surface area contributed by atoms with Crippen LogP contribution in [0.4, 0.5) is 5.13 Å². The van der Waals surface area contributed by atoms with Crippen molar-refractivity contribution in [2.45, 2.75) is 32.7 Å². The number of carbonyl (C=O) groups is 2. The minimum absolute atomic E-state index is 0.0591. The van der Waals surface area contributed by atoms with Crippen molar-refractivity contribution < 1.29 is 9.59 Å². The van der Waals surface area contributed by atoms with E-state index in [2.05, 4.69) is 31.1 Å². The van der Waals surface area contributed by atoms with Crippen LogP contribution in [0.5, 0.6) is 0 Å². The maximum Gasteiger partial charge on any atom is 0.251 e. The highest BCUT2D eigenvalue weighted by molar-refractivity contribution is 7.13. The van der Waals surface area contributed by atoms with E-state index in [4.69, 9.17) is 0 Å². The number of likely N-dealkylation sites (N-methyl/N-ethyl adjacent to an activating group) is 1. The summed E-state index contributed by atoms with van der Waals surface area (Å²) in [5, 5.41) is 18.5. The summed E-state index contributed by atoms with van der Waals surface area (Å²) in [5.74, 6) is -0.296. The van der Waals surface area contributed by atoms with Gasteiger partial charge in [-0.15, -0.1) is 16.4 Å². The van der Waals surface area contributed by atoms with Crippen LogP contribution in [0.1, 0.15) is 32.0 Å². The second-order valence-electron chi connectivity index (χ2n) is 5.10. The lowest BCUT2D eigenvalue weighted by Gasteiger charge is -2.20. The molecule has 2 heterocycles. The number of thiazole rings is 1. The van der Waals surface area contributed by atoms with Gasteiger partial charge in [0.15, 0.2) is 5.13 Å². The molecule has 0 spiro atoms. The molecule has 9 nitrogen and oxygen atoms in total. The number of rotatable bonds is 7. The number of anilines is 1. The molecule has 0 saturated heterocycles. The van der Waals surface area contributed by atoms with E-state index in [0.29, 0.717) is 10.8 Å². The van der Waals surface area contributed by atoms with Crippen molar-refractivity contribution >= 4 is 28.3 Å². The van der Waals surface area contributed by atoms with Crippen molar-refractivity contribution in [1.82, 2.24) is 30.5 Å². The summed E-state index contributed by atoms with van der Waals surface area (Å²) in [6.07, 6.45) is 2.41. The number of hydrogen-bond donors (Lipinski definition) is 2. The van der Waals surface area contributed by atoms with Crippen LogP contribution in [-0.4, -0.2) is 44.1 Å². The second-order valence-corrected chi connectivity index (χ2v) is 5.96. The lowest BCUT2D eigenvalue weighted by molar-refractivity contribution is -0.121. The average molecular weight is 337 g/mol. The monoisotopic (exact) mass is 337 g/mol. The Kier molecular flexibility index (Phi) is 5.74. The van der Waals surface area contributed by atoms with Gasteiger partial charge in [-0.25, -0.2) is 9.67 Å². The number of amides is 2. The molecule has 0 aliphatic carbocycles. The molecular weight excluding hydrogens is 318 g/mol. The molecule has 0 bridgehead atoms. The van der Waals surface area contributed by atoms with Crippen molar-refractivity contribution in [3.8, 4) is 0 Å². The van der Waals surface area contributed by atoms with E-state index in [9.17, 15) is 9.59 Å². The van der Waals surface area contributed by atoms with Gasteiger partial charge in [-0.2, -0.15) is 0 Å². The molecule has 2 amide bonds. The van der Waals surface area contributed by atoms with Gasteiger partial charge in [0.05, 0.1) is 12.1 Å². The Bertz CT molecular complexity index is 655. The van der Waals surface area contributed by atoms with Crippen LogP contribution in [-0.2, 0) is 16.0 Å². The minimum Gasteiger partial charge on any atom is -0.359 e. The van der Waals surface area contributed by atoms with Crippen molar-refractivity contribution in [1.29, 1.82) is 0 Å². The number of carbonyl (C=O) groups excluding carboxylic acids is 2. The van der Waals surface area contributed by atoms with Gasteiger partial charge in [-0.3, -0.25) is 9.59 Å². The quantitative estimate of drug-likeness (QED) is 0.766. The molecule has 0 saturated carbocycles. The highest BCUT2D eigenvalue weighted by Crippen LogP contribution is 2.23. The van der Waals surface area contributed by atoms with Gasteiger partial charge in [0.2, 0.25) is 5.91 Å². The zero-order valence-corrected chi connectivity index (χ0v) is 14.0. The largest absolute Gasteiger partial charge is 0.359 e. The van der Waals surface area contributed by atoms with Crippen LogP contribution in [0.2, 0.25) is 0 Å². The zero-order chi connectivity index (χ0) is 16.8. The number of tetrazole rings is 1. The molecule has 0 aliphatic heterocycles. The molecular formula is C13H19N7O2S. The Labute approximate surface area is 137 Å². The molecule has 10 heteroatoms. The van der Waals surface area contributed by atoms with Gasteiger partial charge in [0, 0.05) is 12.4 Å². The fourth-order valence-electron chi connectivity index (χ4n) is 2.04. The number of hydrogen-bond acceptors (Lipinski definition) is 7. The van der Waals surface area contributed by atoms with E-state index in [1.807, 2.05) is 13.8 Å². The maximum absolute atomic E-state index is 12.6. The van der Waals surface area contributed by atoms with Crippen molar-refractivity contribution in [3.05, 3.63) is 17.4 Å². The minimum atomic E-state index is -0.513. The van der Waals surface area contributed by atoms with Gasteiger partial charge in [-0.1, -0.05) is 20.3 Å². The molecule has 2 atom stereocenters. The van der Waals surface area contributed by atoms with E-state index >= 15 is 0 Å². The van der Waals surface area contributed by atoms with Gasteiger partial charge in [0.25, 0.3) is 5.91 Å². The normalized spacial score (nSPS) is 13.3. The highest BCUT2D eigenvalue weighted by atomic mass is 32.1. The lowest BCUT2D eigenvalue weighted by atomic mass is 9.99. The van der Waals surface area contributed by atoms with Crippen LogP contribution in [0.3, 0.4) is 0 Å². The Balaban J connectivity index is 2.08. The summed E-state index contributed by atoms with van der Waals surface area (Å²) >= 11 is 1.28. The number of nitrogens with one attached hydrogen (secondary N) is 2. The first-order valence-electron chi connectivity index (χ1n) is 7.23. The lowest BCUT2D eigenvalue weighted by Crippen LogP contribution is -2.31. The summed E-state index contributed by atoms with van der Waals surface area (Å²) < 4.78 is 1.45. The fraction of sp³-hybridized carbons (Fsp3) is 0.538. The standard InChI is InChI=1S/C13H19N7O2S/c1-4-8(2)11(20-7-15-18-19-20)12(22)17-13-16-9(6-23-13)5-10(21)14-3/h6-8,11H,4-5H2,1-3H3,(H,14,21)(H,16,17,22). The van der Waals surface area contributed by atoms with E-state index in [-0.39, 0.29) is 24.2 Å². The van der Waals surface area contributed by atoms with E-state index in [0.717, 1.165) is 6.42 Å². The fourth-order valence-corrected chi connectivity index (χ4v) is 2.75. The van der Waals surface area contributed by atoms with Crippen LogP contribution < -0.4 is 10.6 Å². The third-order valence-electron chi connectivity index (χ3n) is 3.50. The molecule has 124 valence electrons. The van der Waals surface area contributed by atoms with Crippen molar-refractivity contribution in [3.63, 3.8) is 0 Å². The van der Waals surface area contributed by atoms with Gasteiger partial charge in [-0.05, 0) is 16.3 Å². The molecule has 2 N–H and O–H groups in total. The first kappa shape index (κ1) is 17.0. The zero-order valence-electron chi connectivity index (χ0n) is 13.2. The van der Waals surface area contributed by atoms with Crippen molar-refractivity contribution in [2.24, 2.45) is 5.92 Å². The highest BCUT2D eigenvalue weighted by Gasteiger charge is 2.27. The summed E-state index contributed by atoms with van der Waals surface area (Å²) in [7, 11) is 1.57. The third-order valence-corrected chi connectivity index (χ3v) is 4.31. The second kappa shape index (κ2) is 7.77. The third kappa shape index (κ3) is 4.31. The number of nitrogens with zero attached hydrogens (tertiary/aromatic N) is 5. The first-order valence-corrected chi connectivity index (χ1v) is 8.11. The Morgan fingerprint density at radius 3 is 2.83 bits per heavy atom. The molecule has 0 radical (unpaired) electrons. The summed E-state index contributed by atoms with van der Waals surface area (Å²) in [4.78, 5) is 28.2. The molecule has 0 aliphatic rings. The predicted molar refractivity (Wildman–Crippen MR) is 84.8 cm³/mol. The number of aromatic nitrogens is 5. The first-order chi connectivity index (χ1) is 11.0. The van der Waals surface area contributed by atoms with E-state index in [1.165, 1.54) is 22.3 Å². The molecule has 2 rings (SSSR count). The van der Waals surface area contributed by atoms with Crippen LogP contribution in [0, 0.1) is 5.92 Å². The summed E-state index contributed by atoms with van der Waals surface area (Å²) in [6, 6.07) is -0.513. The Morgan fingerprint density at radius 2 is 2.22 bits per heavy atom. The maximum atomic E-state index is 12.6. The summed E-state index contributed by atoms with van der Waals surface area (Å²) in [6.45, 7) is 3.96. The molecule has 23 heavy (non-hydrogen) atoms. The van der Waals surface area contributed by atoms with Gasteiger partial charge >= 0.3 is 0 Å². The SMILES string of the molecule is CCC(C)C(C(=O)Nc1nc(CC(=O)NC)cs1)n1cnnn1. The molecule has 0 fully saturated rings. The van der Waals surface area contributed by atoms with Crippen LogP contribution in [0.25, 0.3) is 0 Å². The molecule has 2 aromatic rings. The van der Waals surface area contributed by atoms with E-state index < -0.39 is 6.04 Å². The van der Waals surface area contributed by atoms with Gasteiger partial charge in [0.1, 0.15) is 12.4 Å². The predicted octanol–water partition coefficient (Wildman–Crippen LogP) is 0.644. The smallest absolute Gasteiger partial charge is 0.251 e. The Hall–Kier alpha value is -2.36. The topological polar surface area (TPSA) is 115 Å². The summed E-state index contributed by atoms with van der Waals surface area (Å²) in [5.41, 5.74) is 0.618. The van der Waals surface area contributed by atoms with Crippen molar-refractivity contribution in [2.75, 3.05) is 12.4 Å². The molecule has 0 aromatic carbocycles. The van der Waals surface area contributed by atoms with Crippen LogP contribution >= 0.6 is 11.3 Å². The molecule has 2 unspecified atom stereocenters.